The number of sulfonamides is 1. The van der Waals surface area contributed by atoms with Crippen LogP contribution in [0.5, 0.6) is 0 Å². The molecule has 130 valence electrons. The van der Waals surface area contributed by atoms with E-state index in [1.165, 1.54) is 10.6 Å². The van der Waals surface area contributed by atoms with Crippen molar-refractivity contribution in [3.63, 3.8) is 0 Å². The molecule has 0 spiro atoms. The van der Waals surface area contributed by atoms with Gasteiger partial charge in [0.1, 0.15) is 0 Å². The number of hydrogen-bond acceptors (Lipinski definition) is 4. The van der Waals surface area contributed by atoms with Gasteiger partial charge in [0.15, 0.2) is 0 Å². The highest BCUT2D eigenvalue weighted by Gasteiger charge is 2.25. The Morgan fingerprint density at radius 1 is 1.46 bits per heavy atom. The van der Waals surface area contributed by atoms with E-state index in [-0.39, 0.29) is 11.9 Å². The van der Waals surface area contributed by atoms with E-state index in [1.807, 2.05) is 18.2 Å². The Kier molecular flexibility index (Phi) is 4.72. The number of H-pyrrole nitrogens is 1. The molecule has 8 nitrogen and oxygen atoms in total. The lowest BCUT2D eigenvalue weighted by atomic mass is 10.00. The molecule has 0 bridgehead atoms. The van der Waals surface area contributed by atoms with Crippen LogP contribution in [0.4, 0.5) is 10.5 Å². The predicted octanol–water partition coefficient (Wildman–Crippen LogP) is 1.36. The molecule has 1 aromatic heterocycles. The standard InChI is InChI=1S/C15H21N5O3S/c1-24(22,23)20-6-2-3-11(10-20)8-16-15(21)18-13-5-4-12-9-17-19-14(12)7-13/h4-5,7,9,11H,2-3,6,8,10H2,1H3,(H,17,19)(H2,16,18,21)/t11-/m0/s1. The second kappa shape index (κ2) is 6.78. The highest BCUT2D eigenvalue weighted by atomic mass is 32.2. The predicted molar refractivity (Wildman–Crippen MR) is 92.3 cm³/mol. The van der Waals surface area contributed by atoms with Crippen molar-refractivity contribution in [1.82, 2.24) is 19.8 Å². The maximum atomic E-state index is 12.0. The monoisotopic (exact) mass is 351 g/mol. The molecule has 1 saturated heterocycles. The molecule has 2 aromatic rings. The number of nitrogens with zero attached hydrogens (tertiary/aromatic N) is 2. The number of aromatic amines is 1. The van der Waals surface area contributed by atoms with Crippen molar-refractivity contribution in [2.75, 3.05) is 31.2 Å². The Hall–Kier alpha value is -2.13. The van der Waals surface area contributed by atoms with Crippen LogP contribution < -0.4 is 10.6 Å². The van der Waals surface area contributed by atoms with Gasteiger partial charge >= 0.3 is 6.03 Å². The number of aromatic nitrogens is 2. The van der Waals surface area contributed by atoms with Gasteiger partial charge in [0.25, 0.3) is 0 Å². The topological polar surface area (TPSA) is 107 Å². The summed E-state index contributed by atoms with van der Waals surface area (Å²) in [6, 6.07) is 5.20. The summed E-state index contributed by atoms with van der Waals surface area (Å²) in [5.74, 6) is 0.134. The third kappa shape index (κ3) is 4.04. The van der Waals surface area contributed by atoms with Crippen molar-refractivity contribution in [2.24, 2.45) is 5.92 Å². The number of carbonyl (C=O) groups excluding carboxylic acids is 1. The van der Waals surface area contributed by atoms with Crippen LogP contribution >= 0.6 is 0 Å². The van der Waals surface area contributed by atoms with E-state index < -0.39 is 10.0 Å². The molecule has 0 radical (unpaired) electrons. The highest BCUT2D eigenvalue weighted by Crippen LogP contribution is 2.18. The largest absolute Gasteiger partial charge is 0.338 e. The van der Waals surface area contributed by atoms with Crippen LogP contribution in [-0.2, 0) is 10.0 Å². The van der Waals surface area contributed by atoms with Gasteiger partial charge in [-0.1, -0.05) is 0 Å². The summed E-state index contributed by atoms with van der Waals surface area (Å²) in [5, 5.41) is 13.4. The summed E-state index contributed by atoms with van der Waals surface area (Å²) < 4.78 is 24.7. The van der Waals surface area contributed by atoms with Crippen LogP contribution in [0.25, 0.3) is 10.9 Å². The van der Waals surface area contributed by atoms with Gasteiger partial charge in [0.05, 0.1) is 18.0 Å². The molecular weight excluding hydrogens is 330 g/mol. The molecule has 3 N–H and O–H groups in total. The molecule has 0 unspecified atom stereocenters. The molecule has 1 aromatic carbocycles. The van der Waals surface area contributed by atoms with Gasteiger partial charge in [-0.05, 0) is 37.0 Å². The first kappa shape index (κ1) is 16.7. The molecule has 2 amide bonds. The van der Waals surface area contributed by atoms with Crippen molar-refractivity contribution in [3.05, 3.63) is 24.4 Å². The van der Waals surface area contributed by atoms with Crippen LogP contribution in [0, 0.1) is 5.92 Å². The van der Waals surface area contributed by atoms with Gasteiger partial charge in [0, 0.05) is 30.7 Å². The smallest absolute Gasteiger partial charge is 0.319 e. The number of hydrogen-bond donors (Lipinski definition) is 3. The average Bonchev–Trinajstić information content (AvgIpc) is 3.00. The van der Waals surface area contributed by atoms with Crippen molar-refractivity contribution >= 4 is 32.6 Å². The number of carbonyl (C=O) groups is 1. The molecule has 1 aliphatic heterocycles. The van der Waals surface area contributed by atoms with E-state index in [0.717, 1.165) is 23.7 Å². The zero-order valence-electron chi connectivity index (χ0n) is 13.4. The van der Waals surface area contributed by atoms with Crippen LogP contribution in [0.15, 0.2) is 24.4 Å². The zero-order chi connectivity index (χ0) is 17.2. The third-order valence-corrected chi connectivity index (χ3v) is 5.47. The Balaban J connectivity index is 1.51. The summed E-state index contributed by atoms with van der Waals surface area (Å²) in [6.45, 7) is 1.47. The van der Waals surface area contributed by atoms with Crippen molar-refractivity contribution in [3.8, 4) is 0 Å². The quantitative estimate of drug-likeness (QED) is 0.773. The first-order valence-electron chi connectivity index (χ1n) is 7.85. The third-order valence-electron chi connectivity index (χ3n) is 4.20. The number of piperidine rings is 1. The minimum atomic E-state index is -3.17. The molecule has 1 atom stereocenters. The summed E-state index contributed by atoms with van der Waals surface area (Å²) in [5.41, 5.74) is 1.52. The summed E-state index contributed by atoms with van der Waals surface area (Å²) >= 11 is 0. The van der Waals surface area contributed by atoms with E-state index in [9.17, 15) is 13.2 Å². The number of benzene rings is 1. The maximum absolute atomic E-state index is 12.0. The lowest BCUT2D eigenvalue weighted by molar-refractivity contribution is 0.239. The van der Waals surface area contributed by atoms with Crippen LogP contribution in [-0.4, -0.2) is 54.8 Å². The van der Waals surface area contributed by atoms with Gasteiger partial charge in [0.2, 0.25) is 10.0 Å². The van der Waals surface area contributed by atoms with Gasteiger partial charge in [-0.3, -0.25) is 5.10 Å². The number of urea groups is 1. The number of rotatable bonds is 4. The molecule has 0 aliphatic carbocycles. The minimum absolute atomic E-state index is 0.134. The van der Waals surface area contributed by atoms with Gasteiger partial charge in [-0.15, -0.1) is 0 Å². The Morgan fingerprint density at radius 2 is 2.29 bits per heavy atom. The maximum Gasteiger partial charge on any atom is 0.319 e. The zero-order valence-corrected chi connectivity index (χ0v) is 14.3. The van der Waals surface area contributed by atoms with E-state index >= 15 is 0 Å². The second-order valence-corrected chi connectivity index (χ2v) is 8.12. The lowest BCUT2D eigenvalue weighted by Crippen LogP contribution is -2.43. The molecule has 1 fully saturated rings. The average molecular weight is 351 g/mol. The van der Waals surface area contributed by atoms with E-state index in [2.05, 4.69) is 20.8 Å². The summed E-state index contributed by atoms with van der Waals surface area (Å²) in [6.07, 6.45) is 4.67. The van der Waals surface area contributed by atoms with E-state index in [0.29, 0.717) is 25.3 Å². The molecule has 1 aliphatic rings. The molecular formula is C15H21N5O3S. The Bertz CT molecular complexity index is 833. The van der Waals surface area contributed by atoms with E-state index in [4.69, 9.17) is 0 Å². The number of anilines is 1. The Labute approximate surface area is 140 Å². The fraction of sp³-hybridized carbons (Fsp3) is 0.467. The first-order valence-corrected chi connectivity index (χ1v) is 9.70. The fourth-order valence-electron chi connectivity index (χ4n) is 2.92. The van der Waals surface area contributed by atoms with Crippen LogP contribution in [0.1, 0.15) is 12.8 Å². The molecule has 3 rings (SSSR count). The number of nitrogens with one attached hydrogen (secondary N) is 3. The SMILES string of the molecule is CS(=O)(=O)N1CCC[C@@H](CNC(=O)Nc2ccc3cn[nH]c3c2)C1. The van der Waals surface area contributed by atoms with Gasteiger partial charge < -0.3 is 10.6 Å². The fourth-order valence-corrected chi connectivity index (χ4v) is 3.86. The van der Waals surface area contributed by atoms with E-state index in [1.54, 1.807) is 6.20 Å². The summed E-state index contributed by atoms with van der Waals surface area (Å²) in [4.78, 5) is 12.0. The number of fused-ring (bicyclic) bond motifs is 1. The number of amides is 2. The first-order chi connectivity index (χ1) is 11.4. The van der Waals surface area contributed by atoms with Crippen molar-refractivity contribution in [2.45, 2.75) is 12.8 Å². The second-order valence-electron chi connectivity index (χ2n) is 6.14. The molecule has 2 heterocycles. The van der Waals surface area contributed by atoms with Crippen LogP contribution in [0.3, 0.4) is 0 Å². The van der Waals surface area contributed by atoms with Crippen molar-refractivity contribution in [1.29, 1.82) is 0 Å². The van der Waals surface area contributed by atoms with Gasteiger partial charge in [-0.25, -0.2) is 17.5 Å². The minimum Gasteiger partial charge on any atom is -0.338 e. The van der Waals surface area contributed by atoms with Crippen molar-refractivity contribution < 1.29 is 13.2 Å². The van der Waals surface area contributed by atoms with Crippen LogP contribution in [0.2, 0.25) is 0 Å². The summed E-state index contributed by atoms with van der Waals surface area (Å²) in [7, 11) is -3.17. The molecule has 0 saturated carbocycles. The lowest BCUT2D eigenvalue weighted by Gasteiger charge is -2.30. The molecule has 9 heteroatoms. The molecule has 24 heavy (non-hydrogen) atoms. The Morgan fingerprint density at radius 3 is 3.08 bits per heavy atom. The normalized spacial score (nSPS) is 19.3. The highest BCUT2D eigenvalue weighted by molar-refractivity contribution is 7.88. The van der Waals surface area contributed by atoms with Gasteiger partial charge in [-0.2, -0.15) is 5.10 Å².